The van der Waals surface area contributed by atoms with Crippen LogP contribution in [0.2, 0.25) is 0 Å². The van der Waals surface area contributed by atoms with E-state index in [0.29, 0.717) is 17.5 Å². The van der Waals surface area contributed by atoms with E-state index in [1.165, 1.54) is 36.3 Å². The summed E-state index contributed by atoms with van der Waals surface area (Å²) in [6, 6.07) is 46.4. The van der Waals surface area contributed by atoms with Gasteiger partial charge in [-0.2, -0.15) is 0 Å². The molecule has 0 N–H and O–H groups in total. The minimum atomic E-state index is 0.594. The van der Waals surface area contributed by atoms with E-state index >= 15 is 0 Å². The van der Waals surface area contributed by atoms with E-state index in [1.54, 1.807) is 24.8 Å². The van der Waals surface area contributed by atoms with Crippen LogP contribution in [0.4, 0.5) is 0 Å². The quantitative estimate of drug-likeness (QED) is 0.170. The molecule has 0 radical (unpaired) electrons. The topological polar surface area (TPSA) is 77.3 Å². The molecule has 238 valence electrons. The normalized spacial score (nSPS) is 11.5. The first-order valence-electron chi connectivity index (χ1n) is 16.7. The van der Waals surface area contributed by atoms with E-state index in [1.807, 2.05) is 35.6 Å². The smallest absolute Gasteiger partial charge is 0.164 e. The Morgan fingerprint density at radius 2 is 0.843 bits per heavy atom. The summed E-state index contributed by atoms with van der Waals surface area (Å²) in [5.41, 5.74) is 7.97. The van der Waals surface area contributed by atoms with Crippen LogP contribution in [0.5, 0.6) is 0 Å². The molecule has 6 nitrogen and oxygen atoms in total. The van der Waals surface area contributed by atoms with E-state index in [9.17, 15) is 0 Å². The summed E-state index contributed by atoms with van der Waals surface area (Å²) in [7, 11) is 0. The Hall–Kier alpha value is -6.70. The first-order valence-corrected chi connectivity index (χ1v) is 17.5. The van der Waals surface area contributed by atoms with Crippen LogP contribution in [0.15, 0.2) is 158 Å². The van der Waals surface area contributed by atoms with Crippen LogP contribution in [0.1, 0.15) is 0 Å². The van der Waals surface area contributed by atoms with Crippen molar-refractivity contribution in [1.29, 1.82) is 0 Å². The first-order chi connectivity index (χ1) is 25.3. The minimum Gasteiger partial charge on any atom is -0.265 e. The van der Waals surface area contributed by atoms with Gasteiger partial charge in [0.15, 0.2) is 17.5 Å². The number of benzene rings is 5. The maximum Gasteiger partial charge on any atom is 0.164 e. The summed E-state index contributed by atoms with van der Waals surface area (Å²) >= 11 is 1.86. The van der Waals surface area contributed by atoms with Crippen LogP contribution in [0, 0.1) is 0 Å². The van der Waals surface area contributed by atoms with E-state index in [-0.39, 0.29) is 0 Å². The highest BCUT2D eigenvalue weighted by Gasteiger charge is 2.17. The number of rotatable bonds is 5. The molecule has 7 heteroatoms. The van der Waals surface area contributed by atoms with Gasteiger partial charge in [0, 0.05) is 83.4 Å². The second kappa shape index (κ2) is 12.0. The van der Waals surface area contributed by atoms with Crippen LogP contribution < -0.4 is 0 Å². The molecule has 0 aliphatic carbocycles. The highest BCUT2D eigenvalue weighted by molar-refractivity contribution is 7.26. The Morgan fingerprint density at radius 1 is 0.353 bits per heavy atom. The van der Waals surface area contributed by atoms with Crippen LogP contribution in [0.3, 0.4) is 0 Å². The van der Waals surface area contributed by atoms with E-state index in [2.05, 4.69) is 119 Å². The van der Waals surface area contributed by atoms with Gasteiger partial charge < -0.3 is 0 Å². The zero-order valence-corrected chi connectivity index (χ0v) is 27.9. The molecule has 51 heavy (non-hydrogen) atoms. The molecule has 0 spiro atoms. The molecular formula is C44H26N6S. The van der Waals surface area contributed by atoms with Gasteiger partial charge in [-0.3, -0.25) is 9.97 Å². The largest absolute Gasteiger partial charge is 0.265 e. The standard InChI is InChI=1S/C44H26N6S/c1-3-7-37-35(6-1)39-36(18-17-34-33-5-2-4-8-38(33)51-41(34)39)40(47-37)29-13-9-27(10-14-29)28-11-15-30(16-12-28)42-48-43(31-19-23-45-24-20-31)50-44(49-42)32-21-25-46-26-22-32/h1-26H. The van der Waals surface area contributed by atoms with Gasteiger partial charge >= 0.3 is 0 Å². The second-order valence-corrected chi connectivity index (χ2v) is 13.4. The van der Waals surface area contributed by atoms with Crippen molar-refractivity contribution in [2.45, 2.75) is 0 Å². The van der Waals surface area contributed by atoms with Gasteiger partial charge in [0.1, 0.15) is 0 Å². The maximum atomic E-state index is 5.22. The number of hydrogen-bond acceptors (Lipinski definition) is 7. The number of aromatic nitrogens is 6. The molecule has 0 unspecified atom stereocenters. The Bertz CT molecular complexity index is 2830. The van der Waals surface area contributed by atoms with E-state index in [4.69, 9.17) is 19.9 Å². The average molecular weight is 671 g/mol. The third-order valence-electron chi connectivity index (χ3n) is 9.35. The number of thiophene rings is 1. The predicted octanol–water partition coefficient (Wildman–Crippen LogP) is 11.1. The number of pyridine rings is 3. The molecule has 5 aromatic carbocycles. The average Bonchev–Trinajstić information content (AvgIpc) is 3.60. The van der Waals surface area contributed by atoms with Crippen molar-refractivity contribution >= 4 is 53.2 Å². The number of fused-ring (bicyclic) bond motifs is 7. The van der Waals surface area contributed by atoms with Crippen LogP contribution in [-0.2, 0) is 0 Å². The van der Waals surface area contributed by atoms with Crippen molar-refractivity contribution < 1.29 is 0 Å². The Morgan fingerprint density at radius 3 is 1.47 bits per heavy atom. The highest BCUT2D eigenvalue weighted by Crippen LogP contribution is 2.43. The Kier molecular flexibility index (Phi) is 6.89. The van der Waals surface area contributed by atoms with Gasteiger partial charge in [0.25, 0.3) is 0 Å². The molecular weight excluding hydrogens is 645 g/mol. The van der Waals surface area contributed by atoms with Crippen molar-refractivity contribution in [1.82, 2.24) is 29.9 Å². The van der Waals surface area contributed by atoms with Gasteiger partial charge in [-0.05, 0) is 47.5 Å². The molecule has 5 heterocycles. The fourth-order valence-corrected chi connectivity index (χ4v) is 8.10. The van der Waals surface area contributed by atoms with E-state index in [0.717, 1.165) is 44.6 Å². The monoisotopic (exact) mass is 670 g/mol. The third-order valence-corrected chi connectivity index (χ3v) is 10.6. The lowest BCUT2D eigenvalue weighted by Gasteiger charge is -2.12. The highest BCUT2D eigenvalue weighted by atomic mass is 32.1. The van der Waals surface area contributed by atoms with E-state index < -0.39 is 0 Å². The minimum absolute atomic E-state index is 0.594. The Balaban J connectivity index is 1.03. The lowest BCUT2D eigenvalue weighted by molar-refractivity contribution is 1.07. The van der Waals surface area contributed by atoms with Crippen molar-refractivity contribution in [2.75, 3.05) is 0 Å². The summed E-state index contributed by atoms with van der Waals surface area (Å²) in [5, 5.41) is 6.22. The summed E-state index contributed by atoms with van der Waals surface area (Å²) < 4.78 is 2.61. The summed E-state index contributed by atoms with van der Waals surface area (Å²) in [6.07, 6.45) is 6.97. The van der Waals surface area contributed by atoms with Crippen molar-refractivity contribution in [3.8, 4) is 56.5 Å². The lowest BCUT2D eigenvalue weighted by atomic mass is 9.96. The van der Waals surface area contributed by atoms with Gasteiger partial charge in [-0.15, -0.1) is 11.3 Å². The van der Waals surface area contributed by atoms with Crippen LogP contribution >= 0.6 is 11.3 Å². The molecule has 5 aromatic heterocycles. The molecule has 0 aliphatic rings. The van der Waals surface area contributed by atoms with Gasteiger partial charge in [0.05, 0.1) is 11.2 Å². The first kappa shape index (κ1) is 29.2. The molecule has 0 amide bonds. The molecule has 10 rings (SSSR count). The van der Waals surface area contributed by atoms with Crippen LogP contribution in [0.25, 0.3) is 98.4 Å². The zero-order chi connectivity index (χ0) is 33.7. The predicted molar refractivity (Wildman–Crippen MR) is 208 cm³/mol. The fourth-order valence-electron chi connectivity index (χ4n) is 6.83. The molecule has 0 bridgehead atoms. The molecule has 0 atom stereocenters. The SMILES string of the molecule is c1ccc2c(c1)nc(-c1ccc(-c3ccc(-c4nc(-c5ccncc5)nc(-c5ccncc5)n4)cc3)cc1)c1ccc3c4ccccc4sc3c12. The van der Waals surface area contributed by atoms with Gasteiger partial charge in [-0.25, -0.2) is 19.9 Å². The van der Waals surface area contributed by atoms with Crippen molar-refractivity contribution in [3.05, 3.63) is 158 Å². The summed E-state index contributed by atoms with van der Waals surface area (Å²) in [4.78, 5) is 28.0. The summed E-state index contributed by atoms with van der Waals surface area (Å²) in [5.74, 6) is 1.79. The maximum absolute atomic E-state index is 5.22. The molecule has 0 saturated carbocycles. The summed E-state index contributed by atoms with van der Waals surface area (Å²) in [6.45, 7) is 0. The van der Waals surface area contributed by atoms with Crippen molar-refractivity contribution in [2.24, 2.45) is 0 Å². The number of nitrogens with zero attached hydrogens (tertiary/aromatic N) is 6. The zero-order valence-electron chi connectivity index (χ0n) is 27.1. The van der Waals surface area contributed by atoms with Gasteiger partial charge in [0.2, 0.25) is 0 Å². The van der Waals surface area contributed by atoms with Crippen LogP contribution in [-0.4, -0.2) is 29.9 Å². The second-order valence-electron chi connectivity index (χ2n) is 12.4. The third kappa shape index (κ3) is 5.10. The van der Waals surface area contributed by atoms with Crippen molar-refractivity contribution in [3.63, 3.8) is 0 Å². The molecule has 0 saturated heterocycles. The number of para-hydroxylation sites is 1. The fraction of sp³-hybridized carbons (Fsp3) is 0. The lowest BCUT2D eigenvalue weighted by Crippen LogP contribution is -2.00. The van der Waals surface area contributed by atoms with Gasteiger partial charge in [-0.1, -0.05) is 97.1 Å². The molecule has 0 aliphatic heterocycles. The molecule has 10 aromatic rings. The Labute approximate surface area is 296 Å². The molecule has 0 fully saturated rings. The number of hydrogen-bond donors (Lipinski definition) is 0.